The van der Waals surface area contributed by atoms with Crippen LogP contribution in [0.1, 0.15) is 28.4 Å². The minimum absolute atomic E-state index is 0.0876. The Morgan fingerprint density at radius 3 is 2.74 bits per heavy atom. The highest BCUT2D eigenvalue weighted by Gasteiger charge is 2.12. The number of halogens is 2. The van der Waals surface area contributed by atoms with E-state index in [1.807, 2.05) is 6.92 Å². The van der Waals surface area contributed by atoms with Crippen LogP contribution in [0.4, 0.5) is 14.6 Å². The van der Waals surface area contributed by atoms with E-state index in [4.69, 9.17) is 9.47 Å². The lowest BCUT2D eigenvalue weighted by Gasteiger charge is -2.15. The third-order valence-corrected chi connectivity index (χ3v) is 4.15. The molecule has 0 radical (unpaired) electrons. The molecule has 2 aromatic carbocycles. The monoisotopic (exact) mass is 425 g/mol. The molecule has 1 heterocycles. The average molecular weight is 425 g/mol. The second-order valence-electron chi connectivity index (χ2n) is 6.72. The molecule has 0 aliphatic carbocycles. The number of nitrogens with one attached hydrogen (secondary N) is 1. The molecule has 1 atom stereocenters. The first-order valence-electron chi connectivity index (χ1n) is 9.46. The molecule has 1 amide bonds. The fraction of sp³-hybridized carbons (Fsp3) is 0.174. The van der Waals surface area contributed by atoms with Gasteiger partial charge in [-0.05, 0) is 48.9 Å². The summed E-state index contributed by atoms with van der Waals surface area (Å²) >= 11 is 0. The van der Waals surface area contributed by atoms with Crippen molar-refractivity contribution in [3.05, 3.63) is 83.3 Å². The van der Waals surface area contributed by atoms with Crippen molar-refractivity contribution in [1.29, 1.82) is 0 Å². The Bertz CT molecular complexity index is 1070. The fourth-order valence-electron chi connectivity index (χ4n) is 2.80. The number of carbonyl (C=O) groups is 1. The summed E-state index contributed by atoms with van der Waals surface area (Å²) in [5, 5.41) is 2.66. The summed E-state index contributed by atoms with van der Waals surface area (Å²) in [7, 11) is 1.56. The molecular formula is C23H21F2N3O3. The van der Waals surface area contributed by atoms with Crippen LogP contribution in [0.3, 0.4) is 0 Å². The van der Waals surface area contributed by atoms with Crippen molar-refractivity contribution < 1.29 is 23.0 Å². The van der Waals surface area contributed by atoms with Gasteiger partial charge < -0.3 is 14.8 Å². The molecule has 6 nitrogen and oxygen atoms in total. The molecule has 0 aliphatic rings. The predicted octanol–water partition coefficient (Wildman–Crippen LogP) is 4.59. The summed E-state index contributed by atoms with van der Waals surface area (Å²) in [5.74, 6) is -0.798. The molecule has 0 saturated carbocycles. The number of benzene rings is 2. The van der Waals surface area contributed by atoms with Crippen LogP contribution in [0, 0.1) is 11.6 Å². The molecular weight excluding hydrogens is 404 g/mol. The van der Waals surface area contributed by atoms with E-state index in [0.717, 1.165) is 18.2 Å². The summed E-state index contributed by atoms with van der Waals surface area (Å²) in [5.41, 5.74) is 0.951. The smallest absolute Gasteiger partial charge is 0.257 e. The lowest BCUT2D eigenvalue weighted by Crippen LogP contribution is -2.19. The Kier molecular flexibility index (Phi) is 7.40. The summed E-state index contributed by atoms with van der Waals surface area (Å²) in [6, 6.07) is 8.08. The van der Waals surface area contributed by atoms with Crippen LogP contribution in [0.15, 0.2) is 55.0 Å². The Balaban J connectivity index is 1.91. The molecule has 0 saturated heterocycles. The quantitative estimate of drug-likeness (QED) is 0.535. The maximum atomic E-state index is 13.9. The number of anilines is 1. The highest BCUT2D eigenvalue weighted by Crippen LogP contribution is 2.22. The summed E-state index contributed by atoms with van der Waals surface area (Å²) < 4.78 is 38.3. The van der Waals surface area contributed by atoms with Crippen LogP contribution in [-0.4, -0.2) is 35.7 Å². The number of ether oxygens (including phenoxy) is 2. The average Bonchev–Trinajstić information content (AvgIpc) is 2.75. The molecule has 0 spiro atoms. The molecule has 1 N–H and O–H groups in total. The lowest BCUT2D eigenvalue weighted by atomic mass is 10.1. The number of carbonyl (C=O) groups excluding carboxylic acids is 1. The van der Waals surface area contributed by atoms with E-state index >= 15 is 0 Å². The molecule has 3 aromatic rings. The van der Waals surface area contributed by atoms with Gasteiger partial charge in [-0.25, -0.2) is 13.8 Å². The number of nitrogens with zero attached hydrogens (tertiary/aromatic N) is 2. The molecule has 8 heteroatoms. The molecule has 0 aliphatic heterocycles. The van der Waals surface area contributed by atoms with Gasteiger partial charge in [-0.2, -0.15) is 0 Å². The number of rotatable bonds is 8. The van der Waals surface area contributed by atoms with Gasteiger partial charge in [0.1, 0.15) is 23.5 Å². The largest absolute Gasteiger partial charge is 0.488 e. The van der Waals surface area contributed by atoms with Gasteiger partial charge in [0.05, 0.1) is 12.8 Å². The molecule has 0 bridgehead atoms. The zero-order valence-electron chi connectivity index (χ0n) is 17.0. The Morgan fingerprint density at radius 1 is 1.16 bits per heavy atom. The summed E-state index contributed by atoms with van der Waals surface area (Å²) in [6.07, 6.45) is 7.12. The second-order valence-corrected chi connectivity index (χ2v) is 6.72. The lowest BCUT2D eigenvalue weighted by molar-refractivity contribution is 0.0917. The minimum atomic E-state index is -0.556. The Morgan fingerprint density at radius 2 is 2.00 bits per heavy atom. The number of methoxy groups -OCH3 is 1. The van der Waals surface area contributed by atoms with Crippen LogP contribution in [-0.2, 0) is 4.74 Å². The van der Waals surface area contributed by atoms with Crippen LogP contribution in [0.25, 0.3) is 12.2 Å². The first-order chi connectivity index (χ1) is 14.9. The molecule has 160 valence electrons. The van der Waals surface area contributed by atoms with Crippen molar-refractivity contribution in [1.82, 2.24) is 9.97 Å². The second kappa shape index (κ2) is 10.4. The normalized spacial score (nSPS) is 12.0. The predicted molar refractivity (Wildman–Crippen MR) is 114 cm³/mol. The van der Waals surface area contributed by atoms with Crippen LogP contribution in [0.2, 0.25) is 0 Å². The Labute approximate surface area is 178 Å². The molecule has 0 fully saturated rings. The van der Waals surface area contributed by atoms with E-state index in [-0.39, 0.29) is 11.7 Å². The maximum Gasteiger partial charge on any atom is 0.257 e. The zero-order chi connectivity index (χ0) is 22.2. The SMILES string of the molecule is COC[C@H](C)Oc1cc(/C=C/c2cc(F)ccc2F)cc(C(=O)Nc2cnccn2)c1. The van der Waals surface area contributed by atoms with Gasteiger partial charge in [0, 0.05) is 30.6 Å². The van der Waals surface area contributed by atoms with Gasteiger partial charge >= 0.3 is 0 Å². The van der Waals surface area contributed by atoms with Gasteiger partial charge in [-0.1, -0.05) is 12.2 Å². The third-order valence-electron chi connectivity index (χ3n) is 4.15. The molecule has 1 aromatic heterocycles. The Hall–Kier alpha value is -3.65. The van der Waals surface area contributed by atoms with Crippen molar-refractivity contribution in [3.63, 3.8) is 0 Å². The van der Waals surface area contributed by atoms with Crippen molar-refractivity contribution in [2.75, 3.05) is 19.0 Å². The van der Waals surface area contributed by atoms with E-state index in [9.17, 15) is 13.6 Å². The van der Waals surface area contributed by atoms with E-state index in [2.05, 4.69) is 15.3 Å². The third kappa shape index (κ3) is 6.42. The molecule has 3 rings (SSSR count). The number of hydrogen-bond donors (Lipinski definition) is 1. The van der Waals surface area contributed by atoms with Gasteiger partial charge in [-0.3, -0.25) is 9.78 Å². The highest BCUT2D eigenvalue weighted by molar-refractivity contribution is 6.04. The molecule has 31 heavy (non-hydrogen) atoms. The fourth-order valence-corrected chi connectivity index (χ4v) is 2.80. The summed E-state index contributed by atoms with van der Waals surface area (Å²) in [6.45, 7) is 2.18. The van der Waals surface area contributed by atoms with E-state index in [1.165, 1.54) is 24.7 Å². The number of aromatic nitrogens is 2. The highest BCUT2D eigenvalue weighted by atomic mass is 19.1. The van der Waals surface area contributed by atoms with Crippen LogP contribution >= 0.6 is 0 Å². The van der Waals surface area contributed by atoms with Gasteiger partial charge in [0.15, 0.2) is 5.82 Å². The minimum Gasteiger partial charge on any atom is -0.488 e. The van der Waals surface area contributed by atoms with Crippen molar-refractivity contribution >= 4 is 23.9 Å². The summed E-state index contributed by atoms with van der Waals surface area (Å²) in [4.78, 5) is 20.6. The van der Waals surface area contributed by atoms with Crippen molar-refractivity contribution in [2.24, 2.45) is 0 Å². The standard InChI is InChI=1S/C23H21F2N3O3/c1-15(14-30-2)31-20-10-16(3-4-17-11-19(24)5-6-21(17)25)9-18(12-20)23(29)28-22-13-26-7-8-27-22/h3-13,15H,14H2,1-2H3,(H,27,28,29)/b4-3+/t15-/m0/s1. The maximum absolute atomic E-state index is 13.9. The van der Waals surface area contributed by atoms with Crippen LogP contribution in [0.5, 0.6) is 5.75 Å². The zero-order valence-corrected chi connectivity index (χ0v) is 17.0. The molecule has 0 unspecified atom stereocenters. The van der Waals surface area contributed by atoms with E-state index in [0.29, 0.717) is 29.3 Å². The van der Waals surface area contributed by atoms with E-state index < -0.39 is 17.5 Å². The van der Waals surface area contributed by atoms with E-state index in [1.54, 1.807) is 31.4 Å². The van der Waals surface area contributed by atoms with Crippen LogP contribution < -0.4 is 10.1 Å². The van der Waals surface area contributed by atoms with Crippen molar-refractivity contribution in [2.45, 2.75) is 13.0 Å². The number of hydrogen-bond acceptors (Lipinski definition) is 5. The first kappa shape index (κ1) is 22.0. The van der Waals surface area contributed by atoms with Crippen molar-refractivity contribution in [3.8, 4) is 5.75 Å². The van der Waals surface area contributed by atoms with Gasteiger partial charge in [-0.15, -0.1) is 0 Å². The topological polar surface area (TPSA) is 73.3 Å². The van der Waals surface area contributed by atoms with Gasteiger partial charge in [0.25, 0.3) is 5.91 Å². The first-order valence-corrected chi connectivity index (χ1v) is 9.46. The van der Waals surface area contributed by atoms with Gasteiger partial charge in [0.2, 0.25) is 0 Å². The number of amides is 1.